The summed E-state index contributed by atoms with van der Waals surface area (Å²) >= 11 is 1.59. The number of para-hydroxylation sites is 1. The Morgan fingerprint density at radius 2 is 2.03 bits per heavy atom. The number of nitrogens with one attached hydrogen (secondary N) is 2. The Morgan fingerprint density at radius 1 is 1.27 bits per heavy atom. The second-order valence-corrected chi connectivity index (χ2v) is 8.88. The quantitative estimate of drug-likeness (QED) is 0.609. The van der Waals surface area contributed by atoms with Crippen molar-refractivity contribution in [2.75, 3.05) is 16.4 Å². The third-order valence-electron chi connectivity index (χ3n) is 5.46. The summed E-state index contributed by atoms with van der Waals surface area (Å²) in [4.78, 5) is 18.2. The van der Waals surface area contributed by atoms with Gasteiger partial charge in [0, 0.05) is 30.5 Å². The predicted molar refractivity (Wildman–Crippen MR) is 119 cm³/mol. The smallest absolute Gasteiger partial charge is 0.232 e. The third-order valence-corrected chi connectivity index (χ3v) is 6.18. The molecule has 1 aromatic carbocycles. The maximum atomic E-state index is 13.5. The molecule has 0 radical (unpaired) electrons. The van der Waals surface area contributed by atoms with Crippen molar-refractivity contribution in [2.45, 2.75) is 44.9 Å². The van der Waals surface area contributed by atoms with Crippen molar-refractivity contribution in [3.8, 4) is 0 Å². The first-order valence-corrected chi connectivity index (χ1v) is 11.1. The minimum absolute atomic E-state index is 0.0524. The van der Waals surface area contributed by atoms with Crippen molar-refractivity contribution in [3.63, 3.8) is 0 Å². The first-order valence-electron chi connectivity index (χ1n) is 10.1. The van der Waals surface area contributed by atoms with E-state index in [9.17, 15) is 4.79 Å². The molecule has 9 heteroatoms. The van der Waals surface area contributed by atoms with Gasteiger partial charge in [0.15, 0.2) is 0 Å². The zero-order valence-corrected chi connectivity index (χ0v) is 18.7. The van der Waals surface area contributed by atoms with Gasteiger partial charge in [-0.3, -0.25) is 9.48 Å². The van der Waals surface area contributed by atoms with Crippen LogP contribution >= 0.6 is 11.8 Å². The Labute approximate surface area is 180 Å². The summed E-state index contributed by atoms with van der Waals surface area (Å²) in [6.45, 7) is 8.05. The molecule has 158 valence electrons. The van der Waals surface area contributed by atoms with Crippen molar-refractivity contribution in [3.05, 3.63) is 47.3 Å². The average Bonchev–Trinajstić information content (AvgIpc) is 3.24. The van der Waals surface area contributed by atoms with Crippen LogP contribution in [0.15, 0.2) is 35.6 Å². The zero-order valence-electron chi connectivity index (χ0n) is 17.9. The molecule has 0 spiro atoms. The van der Waals surface area contributed by atoms with E-state index in [-0.39, 0.29) is 23.9 Å². The van der Waals surface area contributed by atoms with Gasteiger partial charge in [-0.05, 0) is 38.2 Å². The number of benzene rings is 1. The minimum Gasteiger partial charge on any atom is -0.351 e. The number of aryl methyl sites for hydroxylation is 3. The molecule has 0 unspecified atom stereocenters. The molecule has 4 rings (SSSR count). The van der Waals surface area contributed by atoms with E-state index in [2.05, 4.69) is 27.6 Å². The highest BCUT2D eigenvalue weighted by atomic mass is 32.2. The van der Waals surface area contributed by atoms with Crippen LogP contribution in [0.5, 0.6) is 0 Å². The fraction of sp³-hybridized carbons (Fsp3) is 0.429. The van der Waals surface area contributed by atoms with Gasteiger partial charge in [0.2, 0.25) is 17.0 Å². The van der Waals surface area contributed by atoms with Crippen LogP contribution in [-0.2, 0) is 11.8 Å². The van der Waals surface area contributed by atoms with Crippen molar-refractivity contribution in [1.82, 2.24) is 24.5 Å². The average molecular weight is 426 g/mol. The van der Waals surface area contributed by atoms with Crippen LogP contribution in [0.3, 0.4) is 0 Å². The summed E-state index contributed by atoms with van der Waals surface area (Å²) in [5, 5.41) is 16.5. The van der Waals surface area contributed by atoms with Crippen LogP contribution in [-0.4, -0.2) is 42.2 Å². The number of hydrogen-bond donors (Lipinski definition) is 2. The number of rotatable bonds is 5. The van der Waals surface area contributed by atoms with E-state index in [1.54, 1.807) is 16.4 Å². The number of hydrogen-bond acceptors (Lipinski definition) is 6. The SMILES string of the molecule is CCSc1nc2n(n1)[C@H](c1cn(C)nc1C)[C@@H](C(=O)Nc1ccccc1C)[C@H](C)N2. The van der Waals surface area contributed by atoms with Gasteiger partial charge in [-0.15, -0.1) is 5.10 Å². The van der Waals surface area contributed by atoms with Gasteiger partial charge < -0.3 is 10.6 Å². The van der Waals surface area contributed by atoms with E-state index in [1.807, 2.05) is 63.0 Å². The molecule has 3 heterocycles. The van der Waals surface area contributed by atoms with E-state index in [0.29, 0.717) is 11.1 Å². The predicted octanol–water partition coefficient (Wildman–Crippen LogP) is 3.40. The fourth-order valence-corrected chi connectivity index (χ4v) is 4.59. The molecular formula is C21H27N7OS. The number of aromatic nitrogens is 5. The monoisotopic (exact) mass is 425 g/mol. The van der Waals surface area contributed by atoms with E-state index in [0.717, 1.165) is 28.3 Å². The molecule has 3 atom stereocenters. The van der Waals surface area contributed by atoms with Crippen LogP contribution in [0.4, 0.5) is 11.6 Å². The standard InChI is InChI=1S/C21H27N7OS/c1-6-30-21-24-20-22-14(4)17(19(29)23-16-10-8-7-9-12(16)2)18(28(20)26-21)15-11-27(5)25-13(15)3/h7-11,14,17-18H,6H2,1-5H3,(H,23,29)(H,22,24,26)/t14-,17-,18+/m0/s1. The lowest BCUT2D eigenvalue weighted by Gasteiger charge is -2.36. The van der Waals surface area contributed by atoms with Crippen molar-refractivity contribution in [2.24, 2.45) is 13.0 Å². The summed E-state index contributed by atoms with van der Waals surface area (Å²) in [7, 11) is 1.89. The number of carbonyl (C=O) groups is 1. The van der Waals surface area contributed by atoms with Gasteiger partial charge in [0.25, 0.3) is 0 Å². The van der Waals surface area contributed by atoms with Crippen molar-refractivity contribution in [1.29, 1.82) is 0 Å². The normalized spacial score (nSPS) is 20.5. The maximum absolute atomic E-state index is 13.5. The maximum Gasteiger partial charge on any atom is 0.232 e. The lowest BCUT2D eigenvalue weighted by molar-refractivity contribution is -0.121. The third kappa shape index (κ3) is 3.69. The van der Waals surface area contributed by atoms with Crippen LogP contribution < -0.4 is 10.6 Å². The summed E-state index contributed by atoms with van der Waals surface area (Å²) < 4.78 is 3.64. The lowest BCUT2D eigenvalue weighted by atomic mass is 9.85. The number of anilines is 2. The Morgan fingerprint density at radius 3 is 2.70 bits per heavy atom. The number of nitrogens with zero attached hydrogens (tertiary/aromatic N) is 5. The molecule has 30 heavy (non-hydrogen) atoms. The van der Waals surface area contributed by atoms with Crippen molar-refractivity contribution < 1.29 is 4.79 Å². The van der Waals surface area contributed by atoms with Crippen LogP contribution in [0.25, 0.3) is 0 Å². The summed E-state index contributed by atoms with van der Waals surface area (Å²) in [5.41, 5.74) is 3.72. The zero-order chi connectivity index (χ0) is 21.4. The van der Waals surface area contributed by atoms with Crippen molar-refractivity contribution >= 4 is 29.3 Å². The Kier molecular flexibility index (Phi) is 5.55. The molecule has 0 bridgehead atoms. The Hall–Kier alpha value is -2.81. The van der Waals surface area contributed by atoms with Gasteiger partial charge in [0.1, 0.15) is 0 Å². The number of amides is 1. The molecule has 8 nitrogen and oxygen atoms in total. The summed E-state index contributed by atoms with van der Waals surface area (Å²) in [6, 6.07) is 7.38. The van der Waals surface area contributed by atoms with Gasteiger partial charge >= 0.3 is 0 Å². The molecule has 0 aliphatic carbocycles. The lowest BCUT2D eigenvalue weighted by Crippen LogP contribution is -2.46. The molecule has 3 aromatic rings. The molecule has 0 saturated heterocycles. The molecule has 1 aliphatic heterocycles. The van der Waals surface area contributed by atoms with Gasteiger partial charge in [0.05, 0.1) is 17.7 Å². The van der Waals surface area contributed by atoms with Gasteiger partial charge in [-0.1, -0.05) is 36.9 Å². The molecule has 0 saturated carbocycles. The molecule has 1 aliphatic rings. The fourth-order valence-electron chi connectivity index (χ4n) is 4.04. The van der Waals surface area contributed by atoms with E-state index >= 15 is 0 Å². The highest BCUT2D eigenvalue weighted by molar-refractivity contribution is 7.99. The molecule has 2 N–H and O–H groups in total. The molecule has 1 amide bonds. The van der Waals surface area contributed by atoms with E-state index in [1.165, 1.54) is 0 Å². The van der Waals surface area contributed by atoms with E-state index < -0.39 is 0 Å². The number of carbonyl (C=O) groups excluding carboxylic acids is 1. The summed E-state index contributed by atoms with van der Waals surface area (Å²) in [5.74, 6) is 1.13. The highest BCUT2D eigenvalue weighted by Crippen LogP contribution is 2.38. The van der Waals surface area contributed by atoms with E-state index in [4.69, 9.17) is 5.10 Å². The largest absolute Gasteiger partial charge is 0.351 e. The van der Waals surface area contributed by atoms with Gasteiger partial charge in [-0.25, -0.2) is 4.68 Å². The number of thioether (sulfide) groups is 1. The highest BCUT2D eigenvalue weighted by Gasteiger charge is 2.43. The minimum atomic E-state index is -0.388. The topological polar surface area (TPSA) is 89.7 Å². The van der Waals surface area contributed by atoms with Crippen LogP contribution in [0.2, 0.25) is 0 Å². The second kappa shape index (κ2) is 8.14. The molecule has 0 fully saturated rings. The van der Waals surface area contributed by atoms with Gasteiger partial charge in [-0.2, -0.15) is 10.1 Å². The van der Waals surface area contributed by atoms with Crippen LogP contribution in [0, 0.1) is 19.8 Å². The first-order chi connectivity index (χ1) is 14.4. The Bertz CT molecular complexity index is 1070. The molecule has 2 aromatic heterocycles. The summed E-state index contributed by atoms with van der Waals surface area (Å²) in [6.07, 6.45) is 1.98. The first kappa shape index (κ1) is 20.5. The second-order valence-electron chi connectivity index (χ2n) is 7.65. The number of fused-ring (bicyclic) bond motifs is 1. The molecular weight excluding hydrogens is 398 g/mol. The Balaban J connectivity index is 1.78. The van der Waals surface area contributed by atoms with Crippen LogP contribution in [0.1, 0.15) is 36.7 Å².